The molecule has 1 aromatic heterocycles. The van der Waals surface area contributed by atoms with Crippen LogP contribution in [-0.2, 0) is 4.79 Å². The summed E-state index contributed by atoms with van der Waals surface area (Å²) in [5, 5.41) is 10.3. The van der Waals surface area contributed by atoms with Crippen LogP contribution in [0.3, 0.4) is 0 Å². The van der Waals surface area contributed by atoms with Gasteiger partial charge in [0, 0.05) is 61.7 Å². The number of nitrogens with zero attached hydrogens (tertiary/aromatic N) is 4. The Morgan fingerprint density at radius 2 is 1.78 bits per heavy atom. The van der Waals surface area contributed by atoms with Gasteiger partial charge in [0.15, 0.2) is 0 Å². The molecule has 1 saturated carbocycles. The number of hydrogen-bond acceptors (Lipinski definition) is 5. The number of benzene rings is 2. The van der Waals surface area contributed by atoms with Crippen molar-refractivity contribution in [3.8, 4) is 0 Å². The van der Waals surface area contributed by atoms with Gasteiger partial charge in [-0.1, -0.05) is 43.5 Å². The standard InChI is InChI=1S/C33H41FN4O2S/c34-25-8-6-7-23(13-25)29-18-36(21-33(32(39)40)11-4-1-5-12-33)16-24(29)17-37-27-14-26(15-28(37)20-41-19-27)38-22-35-30-9-2-3-10-31(30)38/h2-3,6-10,13,22,24,26-29H,1,4-5,11-12,14-21H2,(H,39,40)/t24-,26?,27?,28?,29-/m1/s1. The number of carbonyl (C=O) groups is 1. The second-order valence-corrected chi connectivity index (χ2v) is 14.1. The molecule has 2 bridgehead atoms. The molecule has 1 aliphatic carbocycles. The third-order valence-electron chi connectivity index (χ3n) is 10.6. The quantitative estimate of drug-likeness (QED) is 0.370. The van der Waals surface area contributed by atoms with Gasteiger partial charge in [-0.2, -0.15) is 11.8 Å². The molecule has 3 aromatic rings. The van der Waals surface area contributed by atoms with Crippen molar-refractivity contribution in [1.82, 2.24) is 19.4 Å². The lowest BCUT2D eigenvalue weighted by Crippen LogP contribution is -2.56. The number of imidazole rings is 1. The normalized spacial score (nSPS) is 30.5. The van der Waals surface area contributed by atoms with Crippen LogP contribution in [0, 0.1) is 17.2 Å². The summed E-state index contributed by atoms with van der Waals surface area (Å²) in [6, 6.07) is 17.0. The Labute approximate surface area is 246 Å². The molecule has 1 N–H and O–H groups in total. The second kappa shape index (κ2) is 11.3. The van der Waals surface area contributed by atoms with Gasteiger partial charge in [0.2, 0.25) is 0 Å². The van der Waals surface area contributed by atoms with Gasteiger partial charge in [0.1, 0.15) is 5.82 Å². The number of fused-ring (bicyclic) bond motifs is 3. The highest BCUT2D eigenvalue weighted by atomic mass is 32.2. The average molecular weight is 577 g/mol. The summed E-state index contributed by atoms with van der Waals surface area (Å²) in [6.45, 7) is 3.30. The molecule has 41 heavy (non-hydrogen) atoms. The van der Waals surface area contributed by atoms with E-state index in [1.54, 1.807) is 6.07 Å². The average Bonchev–Trinajstić information content (AvgIpc) is 3.57. The van der Waals surface area contributed by atoms with Gasteiger partial charge in [-0.05, 0) is 61.4 Å². The summed E-state index contributed by atoms with van der Waals surface area (Å²) in [5.41, 5.74) is 2.71. The van der Waals surface area contributed by atoms with E-state index < -0.39 is 11.4 Å². The van der Waals surface area contributed by atoms with E-state index in [1.165, 1.54) is 11.6 Å². The number of likely N-dealkylation sites (tertiary alicyclic amines) is 1. The van der Waals surface area contributed by atoms with Crippen molar-refractivity contribution in [3.05, 3.63) is 66.2 Å². The van der Waals surface area contributed by atoms with E-state index in [1.807, 2.05) is 12.4 Å². The molecule has 0 amide bonds. The Morgan fingerprint density at radius 1 is 1.00 bits per heavy atom. The maximum absolute atomic E-state index is 14.4. The fourth-order valence-corrected chi connectivity index (χ4v) is 9.85. The van der Waals surface area contributed by atoms with Gasteiger partial charge in [-0.3, -0.25) is 9.69 Å². The molecule has 4 aliphatic rings. The molecule has 6 nitrogen and oxygen atoms in total. The zero-order chi connectivity index (χ0) is 28.0. The topological polar surface area (TPSA) is 61.6 Å². The fourth-order valence-electron chi connectivity index (χ4n) is 8.51. The summed E-state index contributed by atoms with van der Waals surface area (Å²) < 4.78 is 16.8. The van der Waals surface area contributed by atoms with Gasteiger partial charge < -0.3 is 14.6 Å². The van der Waals surface area contributed by atoms with Crippen LogP contribution in [0.15, 0.2) is 54.9 Å². The number of carboxylic acids is 1. The monoisotopic (exact) mass is 576 g/mol. The third kappa shape index (κ3) is 5.32. The SMILES string of the molecule is O=C(O)C1(CN2C[C@H](CN3C4CSCC3CC(n3cnc5ccccc53)C4)[C@@H](c3cccc(F)c3)C2)CCCCC1. The molecule has 3 saturated heterocycles. The molecule has 4 fully saturated rings. The van der Waals surface area contributed by atoms with Crippen LogP contribution in [0.1, 0.15) is 62.5 Å². The first-order chi connectivity index (χ1) is 20.0. The van der Waals surface area contributed by atoms with E-state index >= 15 is 0 Å². The zero-order valence-electron chi connectivity index (χ0n) is 23.7. The first-order valence-corrected chi connectivity index (χ1v) is 16.6. The van der Waals surface area contributed by atoms with Crippen LogP contribution in [-0.4, -0.2) is 80.2 Å². The van der Waals surface area contributed by atoms with Gasteiger partial charge in [0.05, 0.1) is 22.8 Å². The van der Waals surface area contributed by atoms with Gasteiger partial charge >= 0.3 is 5.97 Å². The van der Waals surface area contributed by atoms with Gasteiger partial charge in [0.25, 0.3) is 0 Å². The molecule has 3 aliphatic heterocycles. The summed E-state index contributed by atoms with van der Waals surface area (Å²) in [6.07, 6.45) is 8.94. The van der Waals surface area contributed by atoms with Crippen molar-refractivity contribution in [2.45, 2.75) is 69.0 Å². The summed E-state index contributed by atoms with van der Waals surface area (Å²) >= 11 is 2.09. The lowest BCUT2D eigenvalue weighted by Gasteiger charge is -2.50. The van der Waals surface area contributed by atoms with E-state index in [9.17, 15) is 14.3 Å². The Morgan fingerprint density at radius 3 is 2.54 bits per heavy atom. The summed E-state index contributed by atoms with van der Waals surface area (Å²) in [7, 11) is 0. The molecular weight excluding hydrogens is 535 g/mol. The smallest absolute Gasteiger partial charge is 0.310 e. The minimum Gasteiger partial charge on any atom is -0.481 e. The van der Waals surface area contributed by atoms with Crippen LogP contribution < -0.4 is 0 Å². The highest BCUT2D eigenvalue weighted by Gasteiger charge is 2.46. The number of piperidine rings is 1. The Hall–Kier alpha value is -2.42. The second-order valence-electron chi connectivity index (χ2n) is 13.1. The van der Waals surface area contributed by atoms with Crippen molar-refractivity contribution in [3.63, 3.8) is 0 Å². The number of rotatable bonds is 7. The van der Waals surface area contributed by atoms with E-state index in [2.05, 4.69) is 61.4 Å². The van der Waals surface area contributed by atoms with Crippen LogP contribution in [0.25, 0.3) is 11.0 Å². The van der Waals surface area contributed by atoms with Crippen LogP contribution >= 0.6 is 11.8 Å². The number of hydrogen-bond donors (Lipinski definition) is 1. The fraction of sp³-hybridized carbons (Fsp3) is 0.576. The van der Waals surface area contributed by atoms with E-state index in [0.717, 1.165) is 87.2 Å². The predicted molar refractivity (Wildman–Crippen MR) is 162 cm³/mol. The highest BCUT2D eigenvalue weighted by Crippen LogP contribution is 2.44. The van der Waals surface area contributed by atoms with Crippen LogP contribution in [0.4, 0.5) is 4.39 Å². The zero-order valence-corrected chi connectivity index (χ0v) is 24.5. The Bertz CT molecular complexity index is 1380. The molecule has 0 radical (unpaired) electrons. The van der Waals surface area contributed by atoms with Crippen LogP contribution in [0.2, 0.25) is 0 Å². The van der Waals surface area contributed by atoms with E-state index in [4.69, 9.17) is 0 Å². The number of aromatic nitrogens is 2. The highest BCUT2D eigenvalue weighted by molar-refractivity contribution is 7.99. The molecular formula is C33H41FN4O2S. The molecule has 2 unspecified atom stereocenters. The number of halogens is 1. The molecule has 2 aromatic carbocycles. The predicted octanol–water partition coefficient (Wildman–Crippen LogP) is 6.05. The van der Waals surface area contributed by atoms with Crippen molar-refractivity contribution in [2.24, 2.45) is 11.3 Å². The molecule has 4 atom stereocenters. The molecule has 7 rings (SSSR count). The van der Waals surface area contributed by atoms with E-state index in [-0.39, 0.29) is 11.7 Å². The minimum absolute atomic E-state index is 0.185. The van der Waals surface area contributed by atoms with Crippen molar-refractivity contribution >= 4 is 28.8 Å². The largest absolute Gasteiger partial charge is 0.481 e. The maximum Gasteiger partial charge on any atom is 0.310 e. The first-order valence-electron chi connectivity index (χ1n) is 15.5. The molecule has 8 heteroatoms. The maximum atomic E-state index is 14.4. The first kappa shape index (κ1) is 27.4. The van der Waals surface area contributed by atoms with Crippen molar-refractivity contribution < 1.29 is 14.3 Å². The number of carboxylic acid groups (broad SMARTS) is 1. The van der Waals surface area contributed by atoms with Crippen molar-refractivity contribution in [1.29, 1.82) is 0 Å². The molecule has 0 spiro atoms. The lowest BCUT2D eigenvalue weighted by atomic mass is 9.73. The van der Waals surface area contributed by atoms with Crippen LogP contribution in [0.5, 0.6) is 0 Å². The Kier molecular flexibility index (Phi) is 7.59. The summed E-state index contributed by atoms with van der Waals surface area (Å²) in [5.74, 6) is 2.03. The minimum atomic E-state index is -0.640. The Balaban J connectivity index is 1.12. The van der Waals surface area contributed by atoms with Gasteiger partial charge in [-0.15, -0.1) is 0 Å². The molecule has 4 heterocycles. The number of para-hydroxylation sites is 2. The van der Waals surface area contributed by atoms with Crippen molar-refractivity contribution in [2.75, 3.05) is 37.7 Å². The van der Waals surface area contributed by atoms with E-state index in [0.29, 0.717) is 30.6 Å². The van der Waals surface area contributed by atoms with Gasteiger partial charge in [-0.25, -0.2) is 9.37 Å². The summed E-state index contributed by atoms with van der Waals surface area (Å²) in [4.78, 5) is 22.4. The third-order valence-corrected chi connectivity index (χ3v) is 11.8. The number of aliphatic carboxylic acids is 1. The lowest BCUT2D eigenvalue weighted by molar-refractivity contribution is -0.152. The molecule has 218 valence electrons. The number of thioether (sulfide) groups is 1.